The molecule has 0 N–H and O–H groups in total. The molecule has 1 aromatic heterocycles. The summed E-state index contributed by atoms with van der Waals surface area (Å²) in [5.74, 6) is -1.15. The molecule has 1 aliphatic heterocycles. The van der Waals surface area contributed by atoms with E-state index in [0.717, 1.165) is 16.4 Å². The lowest BCUT2D eigenvalue weighted by Gasteiger charge is -2.34. The lowest BCUT2D eigenvalue weighted by Crippen LogP contribution is -2.49. The number of piperazine rings is 1. The first-order valence-electron chi connectivity index (χ1n) is 7.48. The minimum atomic E-state index is -4.10. The third-order valence-corrected chi connectivity index (χ3v) is 5.86. The maximum absolute atomic E-state index is 13.8. The molecule has 2 heterocycles. The molecule has 0 atom stereocenters. The van der Waals surface area contributed by atoms with Gasteiger partial charge in [0.1, 0.15) is 28.4 Å². The van der Waals surface area contributed by atoms with Crippen LogP contribution in [-0.4, -0.2) is 43.9 Å². The summed E-state index contributed by atoms with van der Waals surface area (Å²) in [6.07, 6.45) is 1.45. The standard InChI is InChI=1S/C16H14F2N4O2S/c17-13-2-3-14(18)15(9-13)25(23,24)22-7-5-21(6-8-22)16-4-1-12(10-19)11-20-16/h1-4,9,11H,5-8H2. The van der Waals surface area contributed by atoms with Crippen LogP contribution in [0.4, 0.5) is 14.6 Å². The molecule has 6 nitrogen and oxygen atoms in total. The molecule has 0 saturated carbocycles. The smallest absolute Gasteiger partial charge is 0.246 e. The Kier molecular flexibility index (Phi) is 4.65. The van der Waals surface area contributed by atoms with Gasteiger partial charge in [0, 0.05) is 32.4 Å². The molecule has 0 aliphatic carbocycles. The van der Waals surface area contributed by atoms with E-state index >= 15 is 0 Å². The van der Waals surface area contributed by atoms with E-state index in [0.29, 0.717) is 30.5 Å². The van der Waals surface area contributed by atoms with E-state index in [1.54, 1.807) is 12.1 Å². The summed E-state index contributed by atoms with van der Waals surface area (Å²) in [6.45, 7) is 0.962. The number of hydrogen-bond acceptors (Lipinski definition) is 5. The molecule has 1 aliphatic rings. The highest BCUT2D eigenvalue weighted by molar-refractivity contribution is 7.89. The highest BCUT2D eigenvalue weighted by Gasteiger charge is 2.31. The van der Waals surface area contributed by atoms with Crippen LogP contribution in [0.2, 0.25) is 0 Å². The number of anilines is 1. The number of nitrogens with zero attached hydrogens (tertiary/aromatic N) is 4. The molecule has 2 aromatic rings. The van der Waals surface area contributed by atoms with Crippen LogP contribution in [0.15, 0.2) is 41.4 Å². The molecule has 0 radical (unpaired) electrons. The first-order valence-corrected chi connectivity index (χ1v) is 8.92. The molecule has 1 saturated heterocycles. The molecular formula is C16H14F2N4O2S. The fraction of sp³-hybridized carbons (Fsp3) is 0.250. The van der Waals surface area contributed by atoms with Gasteiger partial charge in [-0.25, -0.2) is 22.2 Å². The molecule has 25 heavy (non-hydrogen) atoms. The lowest BCUT2D eigenvalue weighted by molar-refractivity contribution is 0.381. The van der Waals surface area contributed by atoms with Crippen molar-refractivity contribution in [3.05, 3.63) is 53.7 Å². The van der Waals surface area contributed by atoms with Crippen LogP contribution in [0.3, 0.4) is 0 Å². The van der Waals surface area contributed by atoms with Crippen molar-refractivity contribution < 1.29 is 17.2 Å². The number of nitriles is 1. The summed E-state index contributed by atoms with van der Waals surface area (Å²) in [4.78, 5) is 5.39. The minimum absolute atomic E-state index is 0.125. The average Bonchev–Trinajstić information content (AvgIpc) is 2.64. The predicted molar refractivity (Wildman–Crippen MR) is 86.3 cm³/mol. The van der Waals surface area contributed by atoms with E-state index in [9.17, 15) is 17.2 Å². The Morgan fingerprint density at radius 3 is 2.40 bits per heavy atom. The van der Waals surface area contributed by atoms with Gasteiger partial charge in [-0.05, 0) is 30.3 Å². The van der Waals surface area contributed by atoms with E-state index in [4.69, 9.17) is 5.26 Å². The van der Waals surface area contributed by atoms with Gasteiger partial charge in [0.2, 0.25) is 10.0 Å². The van der Waals surface area contributed by atoms with Crippen LogP contribution in [-0.2, 0) is 10.0 Å². The molecule has 0 unspecified atom stereocenters. The van der Waals surface area contributed by atoms with Gasteiger partial charge in [-0.1, -0.05) is 0 Å². The number of rotatable bonds is 3. The fourth-order valence-electron chi connectivity index (χ4n) is 2.61. The first kappa shape index (κ1) is 17.3. The van der Waals surface area contributed by atoms with Crippen molar-refractivity contribution in [1.29, 1.82) is 5.26 Å². The molecule has 1 fully saturated rings. The zero-order valence-electron chi connectivity index (χ0n) is 13.1. The monoisotopic (exact) mass is 364 g/mol. The van der Waals surface area contributed by atoms with Gasteiger partial charge in [-0.15, -0.1) is 0 Å². The number of sulfonamides is 1. The van der Waals surface area contributed by atoms with Crippen molar-refractivity contribution >= 4 is 15.8 Å². The van der Waals surface area contributed by atoms with Gasteiger partial charge in [0.15, 0.2) is 0 Å². The molecule has 130 valence electrons. The van der Waals surface area contributed by atoms with E-state index < -0.39 is 26.6 Å². The number of pyridine rings is 1. The zero-order valence-corrected chi connectivity index (χ0v) is 13.9. The Balaban J connectivity index is 1.75. The summed E-state index contributed by atoms with van der Waals surface area (Å²) in [5, 5.41) is 8.78. The second kappa shape index (κ2) is 6.74. The van der Waals surface area contributed by atoms with Gasteiger partial charge in [-0.3, -0.25) is 0 Å². The molecule has 0 bridgehead atoms. The predicted octanol–water partition coefficient (Wildman–Crippen LogP) is 1.74. The number of benzene rings is 1. The Labute approximate surface area is 144 Å². The van der Waals surface area contributed by atoms with Crippen LogP contribution in [0.25, 0.3) is 0 Å². The van der Waals surface area contributed by atoms with Crippen LogP contribution >= 0.6 is 0 Å². The lowest BCUT2D eigenvalue weighted by atomic mass is 10.3. The summed E-state index contributed by atoms with van der Waals surface area (Å²) >= 11 is 0. The maximum atomic E-state index is 13.8. The maximum Gasteiger partial charge on any atom is 0.246 e. The van der Waals surface area contributed by atoms with Crippen molar-refractivity contribution in [3.63, 3.8) is 0 Å². The number of aromatic nitrogens is 1. The molecular weight excluding hydrogens is 350 g/mol. The number of halogens is 2. The van der Waals surface area contributed by atoms with Crippen LogP contribution in [0, 0.1) is 23.0 Å². The Morgan fingerprint density at radius 2 is 1.80 bits per heavy atom. The average molecular weight is 364 g/mol. The highest BCUT2D eigenvalue weighted by atomic mass is 32.2. The van der Waals surface area contributed by atoms with Crippen molar-refractivity contribution in [2.45, 2.75) is 4.90 Å². The van der Waals surface area contributed by atoms with Crippen molar-refractivity contribution in [1.82, 2.24) is 9.29 Å². The minimum Gasteiger partial charge on any atom is -0.354 e. The fourth-order valence-corrected chi connectivity index (χ4v) is 4.11. The largest absolute Gasteiger partial charge is 0.354 e. The van der Waals surface area contributed by atoms with Crippen molar-refractivity contribution in [2.75, 3.05) is 31.1 Å². The molecule has 9 heteroatoms. The van der Waals surface area contributed by atoms with E-state index in [1.807, 2.05) is 11.0 Å². The second-order valence-corrected chi connectivity index (χ2v) is 7.39. The quantitative estimate of drug-likeness (QED) is 0.829. The second-order valence-electron chi connectivity index (χ2n) is 5.48. The topological polar surface area (TPSA) is 77.3 Å². The molecule has 0 spiro atoms. The highest BCUT2D eigenvalue weighted by Crippen LogP contribution is 2.23. The Morgan fingerprint density at radius 1 is 1.08 bits per heavy atom. The Bertz CT molecular complexity index is 918. The van der Waals surface area contributed by atoms with Gasteiger partial charge in [0.05, 0.1) is 5.56 Å². The normalized spacial score (nSPS) is 15.8. The Hall–Kier alpha value is -2.57. The number of hydrogen-bond donors (Lipinski definition) is 0. The van der Waals surface area contributed by atoms with Crippen LogP contribution < -0.4 is 4.90 Å². The summed E-state index contributed by atoms with van der Waals surface area (Å²) in [5.41, 5.74) is 0.437. The molecule has 3 rings (SSSR count). The zero-order chi connectivity index (χ0) is 18.0. The third kappa shape index (κ3) is 3.45. The first-order chi connectivity index (χ1) is 11.9. The third-order valence-electron chi connectivity index (χ3n) is 3.95. The van der Waals surface area contributed by atoms with Crippen LogP contribution in [0.5, 0.6) is 0 Å². The van der Waals surface area contributed by atoms with Crippen molar-refractivity contribution in [3.8, 4) is 6.07 Å². The van der Waals surface area contributed by atoms with Gasteiger partial charge in [0.25, 0.3) is 0 Å². The van der Waals surface area contributed by atoms with E-state index in [-0.39, 0.29) is 13.1 Å². The summed E-state index contributed by atoms with van der Waals surface area (Å²) in [6, 6.07) is 7.68. The molecule has 0 amide bonds. The van der Waals surface area contributed by atoms with Crippen molar-refractivity contribution in [2.24, 2.45) is 0 Å². The van der Waals surface area contributed by atoms with Gasteiger partial charge in [-0.2, -0.15) is 9.57 Å². The summed E-state index contributed by atoms with van der Waals surface area (Å²) < 4.78 is 53.3. The van der Waals surface area contributed by atoms with Crippen LogP contribution in [0.1, 0.15) is 5.56 Å². The molecule has 1 aromatic carbocycles. The van der Waals surface area contributed by atoms with E-state index in [2.05, 4.69) is 4.98 Å². The van der Waals surface area contributed by atoms with Gasteiger partial charge >= 0.3 is 0 Å². The summed E-state index contributed by atoms with van der Waals surface area (Å²) in [7, 11) is -4.10. The SMILES string of the molecule is N#Cc1ccc(N2CCN(S(=O)(=O)c3cc(F)ccc3F)CC2)nc1. The van der Waals surface area contributed by atoms with E-state index in [1.165, 1.54) is 6.20 Å². The van der Waals surface area contributed by atoms with Gasteiger partial charge < -0.3 is 4.90 Å².